The SMILES string of the molecule is CCOC(=O)C1=C(N)Oc2c(Br)cc(Cl)cc2C1C(C#N)C(=O)OCC. The van der Waals surface area contributed by atoms with Gasteiger partial charge in [-0.1, -0.05) is 11.6 Å². The number of halogens is 2. The highest BCUT2D eigenvalue weighted by Gasteiger charge is 2.44. The monoisotopic (exact) mass is 442 g/mol. The highest BCUT2D eigenvalue weighted by Crippen LogP contribution is 2.47. The Bertz CT molecular complexity index is 818. The molecule has 26 heavy (non-hydrogen) atoms. The van der Waals surface area contributed by atoms with Gasteiger partial charge in [-0.05, 0) is 41.9 Å². The summed E-state index contributed by atoms with van der Waals surface area (Å²) in [4.78, 5) is 24.8. The van der Waals surface area contributed by atoms with Crippen LogP contribution in [0.5, 0.6) is 5.75 Å². The summed E-state index contributed by atoms with van der Waals surface area (Å²) in [6, 6.07) is 4.99. The maximum atomic E-state index is 12.5. The summed E-state index contributed by atoms with van der Waals surface area (Å²) in [6.07, 6.45) is 0. The third kappa shape index (κ3) is 3.79. The Morgan fingerprint density at radius 2 is 2.04 bits per heavy atom. The molecule has 1 aromatic rings. The number of rotatable bonds is 5. The molecule has 0 bridgehead atoms. The number of fused-ring (bicyclic) bond motifs is 1. The molecule has 0 radical (unpaired) electrons. The van der Waals surface area contributed by atoms with Gasteiger partial charge in [-0.2, -0.15) is 5.26 Å². The van der Waals surface area contributed by atoms with Gasteiger partial charge in [0.05, 0.1) is 29.7 Å². The second-order valence-electron chi connectivity index (χ2n) is 5.24. The van der Waals surface area contributed by atoms with E-state index in [1.165, 1.54) is 6.07 Å². The molecule has 0 aliphatic carbocycles. The number of ether oxygens (including phenoxy) is 3. The summed E-state index contributed by atoms with van der Waals surface area (Å²) in [5, 5.41) is 9.93. The van der Waals surface area contributed by atoms with Crippen molar-refractivity contribution in [2.24, 2.45) is 11.7 Å². The Hall–Kier alpha value is -2.24. The number of hydrogen-bond donors (Lipinski definition) is 1. The second kappa shape index (κ2) is 8.43. The summed E-state index contributed by atoms with van der Waals surface area (Å²) >= 11 is 9.42. The largest absolute Gasteiger partial charge is 0.465 e. The van der Waals surface area contributed by atoms with Crippen LogP contribution in [0.3, 0.4) is 0 Å². The molecule has 0 aromatic heterocycles. The van der Waals surface area contributed by atoms with Crippen molar-refractivity contribution >= 4 is 39.5 Å². The number of nitriles is 1. The molecular formula is C17H16BrClN2O5. The van der Waals surface area contributed by atoms with Gasteiger partial charge in [0.2, 0.25) is 5.88 Å². The van der Waals surface area contributed by atoms with E-state index >= 15 is 0 Å². The molecule has 1 aromatic carbocycles. The van der Waals surface area contributed by atoms with Gasteiger partial charge in [-0.3, -0.25) is 4.79 Å². The lowest BCUT2D eigenvalue weighted by Crippen LogP contribution is -2.34. The van der Waals surface area contributed by atoms with Crippen molar-refractivity contribution in [2.75, 3.05) is 13.2 Å². The van der Waals surface area contributed by atoms with Crippen LogP contribution in [0.4, 0.5) is 0 Å². The lowest BCUT2D eigenvalue weighted by molar-refractivity contribution is -0.146. The number of hydrogen-bond acceptors (Lipinski definition) is 7. The Kier molecular flexibility index (Phi) is 6.51. The molecular weight excluding hydrogens is 428 g/mol. The van der Waals surface area contributed by atoms with Crippen LogP contribution in [0.2, 0.25) is 5.02 Å². The van der Waals surface area contributed by atoms with Crippen LogP contribution in [0.15, 0.2) is 28.1 Å². The molecule has 1 heterocycles. The molecule has 2 atom stereocenters. The van der Waals surface area contributed by atoms with Gasteiger partial charge in [0.25, 0.3) is 0 Å². The zero-order valence-corrected chi connectivity index (χ0v) is 16.4. The maximum absolute atomic E-state index is 12.5. The smallest absolute Gasteiger partial charge is 0.340 e. The summed E-state index contributed by atoms with van der Waals surface area (Å²) in [5.74, 6) is -3.90. The van der Waals surface area contributed by atoms with E-state index in [2.05, 4.69) is 15.9 Å². The van der Waals surface area contributed by atoms with E-state index in [-0.39, 0.29) is 30.4 Å². The number of benzene rings is 1. The zero-order valence-electron chi connectivity index (χ0n) is 14.0. The number of carbonyl (C=O) groups is 2. The van der Waals surface area contributed by atoms with Gasteiger partial charge in [-0.15, -0.1) is 0 Å². The van der Waals surface area contributed by atoms with Crippen molar-refractivity contribution in [3.05, 3.63) is 38.6 Å². The first-order valence-corrected chi connectivity index (χ1v) is 8.92. The molecule has 0 saturated heterocycles. The molecule has 2 rings (SSSR count). The first-order valence-electron chi connectivity index (χ1n) is 7.75. The predicted molar refractivity (Wildman–Crippen MR) is 96.1 cm³/mol. The molecule has 0 fully saturated rings. The summed E-state index contributed by atoms with van der Waals surface area (Å²) in [6.45, 7) is 3.42. The van der Waals surface area contributed by atoms with Gasteiger partial charge in [0.15, 0.2) is 5.92 Å². The average molecular weight is 444 g/mol. The molecule has 0 spiro atoms. The molecule has 9 heteroatoms. The van der Waals surface area contributed by atoms with Crippen LogP contribution < -0.4 is 10.5 Å². The van der Waals surface area contributed by atoms with Gasteiger partial charge in [0.1, 0.15) is 11.3 Å². The van der Waals surface area contributed by atoms with Gasteiger partial charge in [-0.25, -0.2) is 4.79 Å². The van der Waals surface area contributed by atoms with Crippen molar-refractivity contribution in [3.63, 3.8) is 0 Å². The summed E-state index contributed by atoms with van der Waals surface area (Å²) in [5.41, 5.74) is 6.17. The lowest BCUT2D eigenvalue weighted by atomic mass is 9.79. The van der Waals surface area contributed by atoms with Crippen LogP contribution in [0.25, 0.3) is 0 Å². The predicted octanol–water partition coefficient (Wildman–Crippen LogP) is 3.01. The van der Waals surface area contributed by atoms with E-state index in [1.807, 2.05) is 6.07 Å². The van der Waals surface area contributed by atoms with Gasteiger partial charge >= 0.3 is 11.9 Å². The van der Waals surface area contributed by atoms with E-state index < -0.39 is 23.8 Å². The van der Waals surface area contributed by atoms with E-state index in [1.54, 1.807) is 19.9 Å². The molecule has 0 saturated carbocycles. The van der Waals surface area contributed by atoms with E-state index in [0.717, 1.165) is 0 Å². The Morgan fingerprint density at radius 3 is 2.62 bits per heavy atom. The van der Waals surface area contributed by atoms with Crippen LogP contribution in [0.1, 0.15) is 25.3 Å². The molecule has 2 unspecified atom stereocenters. The third-order valence-electron chi connectivity index (χ3n) is 3.67. The highest BCUT2D eigenvalue weighted by molar-refractivity contribution is 9.10. The minimum Gasteiger partial charge on any atom is -0.465 e. The zero-order chi connectivity index (χ0) is 19.4. The standard InChI is InChI=1S/C17H16BrClN2O5/c1-3-24-16(22)10(7-20)12-9-5-8(19)6-11(18)14(9)26-15(21)13(12)17(23)25-4-2/h5-6,10,12H,3-4,21H2,1-2H3. The Labute approximate surface area is 163 Å². The van der Waals surface area contributed by atoms with Crippen molar-refractivity contribution in [1.29, 1.82) is 5.26 Å². The number of esters is 2. The molecule has 138 valence electrons. The lowest BCUT2D eigenvalue weighted by Gasteiger charge is -2.30. The fourth-order valence-electron chi connectivity index (χ4n) is 2.67. The quantitative estimate of drug-likeness (QED) is 0.696. The van der Waals surface area contributed by atoms with Gasteiger partial charge < -0.3 is 19.9 Å². The topological polar surface area (TPSA) is 112 Å². The van der Waals surface area contributed by atoms with Crippen LogP contribution >= 0.6 is 27.5 Å². The average Bonchev–Trinajstić information content (AvgIpc) is 2.56. The number of nitrogens with two attached hydrogens (primary N) is 1. The Morgan fingerprint density at radius 1 is 1.38 bits per heavy atom. The second-order valence-corrected chi connectivity index (χ2v) is 6.53. The fourth-order valence-corrected chi connectivity index (χ4v) is 3.59. The molecule has 1 aliphatic heterocycles. The fraction of sp³-hybridized carbons (Fsp3) is 0.353. The van der Waals surface area contributed by atoms with E-state index in [0.29, 0.717) is 15.1 Å². The first-order chi connectivity index (χ1) is 12.3. The van der Waals surface area contributed by atoms with Crippen LogP contribution in [0, 0.1) is 17.2 Å². The molecule has 0 amide bonds. The van der Waals surface area contributed by atoms with Crippen LogP contribution in [-0.4, -0.2) is 25.2 Å². The normalized spacial score (nSPS) is 16.8. The third-order valence-corrected chi connectivity index (χ3v) is 4.48. The highest BCUT2D eigenvalue weighted by atomic mass is 79.9. The van der Waals surface area contributed by atoms with Crippen LogP contribution in [-0.2, 0) is 19.1 Å². The van der Waals surface area contributed by atoms with E-state index in [9.17, 15) is 14.9 Å². The minimum atomic E-state index is -1.33. The molecule has 2 N–H and O–H groups in total. The van der Waals surface area contributed by atoms with Crippen molar-refractivity contribution in [3.8, 4) is 11.8 Å². The summed E-state index contributed by atoms with van der Waals surface area (Å²) < 4.78 is 16.0. The van der Waals surface area contributed by atoms with Gasteiger partial charge in [0, 0.05) is 10.6 Å². The van der Waals surface area contributed by atoms with E-state index in [4.69, 9.17) is 31.5 Å². The first kappa shape index (κ1) is 20.1. The number of nitrogens with zero attached hydrogens (tertiary/aromatic N) is 1. The molecule has 1 aliphatic rings. The maximum Gasteiger partial charge on any atom is 0.340 e. The summed E-state index contributed by atoms with van der Waals surface area (Å²) in [7, 11) is 0. The minimum absolute atomic E-state index is 0.0836. The van der Waals surface area contributed by atoms with Crippen molar-refractivity contribution < 1.29 is 23.8 Å². The molecule has 7 nitrogen and oxygen atoms in total. The number of carbonyl (C=O) groups excluding carboxylic acids is 2. The Balaban J connectivity index is 2.70. The van der Waals surface area contributed by atoms with Crippen molar-refractivity contribution in [2.45, 2.75) is 19.8 Å². The van der Waals surface area contributed by atoms with Crippen molar-refractivity contribution in [1.82, 2.24) is 0 Å².